The summed E-state index contributed by atoms with van der Waals surface area (Å²) in [6.45, 7) is 1.57. The molecule has 0 saturated heterocycles. The van der Waals surface area contributed by atoms with Crippen LogP contribution in [0.25, 0.3) is 22.5 Å². The van der Waals surface area contributed by atoms with Crippen LogP contribution in [0.3, 0.4) is 0 Å². The number of aliphatic imine (C=N–C) groups is 1. The van der Waals surface area contributed by atoms with E-state index in [1.807, 2.05) is 24.3 Å². The van der Waals surface area contributed by atoms with E-state index in [1.165, 1.54) is 18.2 Å². The van der Waals surface area contributed by atoms with Crippen LogP contribution in [-0.2, 0) is 32.1 Å². The number of fused-ring (bicyclic) bond motifs is 3. The summed E-state index contributed by atoms with van der Waals surface area (Å²) >= 11 is 6.33. The van der Waals surface area contributed by atoms with E-state index in [1.54, 1.807) is 35.3 Å². The van der Waals surface area contributed by atoms with Gasteiger partial charge in [0.15, 0.2) is 0 Å². The second kappa shape index (κ2) is 17.4. The second-order valence-electron chi connectivity index (χ2n) is 11.6. The normalized spacial score (nSPS) is 12.8. The first-order chi connectivity index (χ1) is 25.2. The predicted octanol–water partition coefficient (Wildman–Crippen LogP) is 5.31. The van der Waals surface area contributed by atoms with Gasteiger partial charge in [-0.1, -0.05) is 41.1 Å². The fourth-order valence-corrected chi connectivity index (χ4v) is 5.51. The first-order valence-electron chi connectivity index (χ1n) is 16.3. The molecule has 1 aliphatic rings. The highest BCUT2D eigenvalue weighted by atomic mass is 35.5. The molecule has 3 N–H and O–H groups in total. The molecular formula is C36H34ClF2N7O6. The first-order valence-corrected chi connectivity index (χ1v) is 16.7. The molecule has 6 rings (SSSR count). The summed E-state index contributed by atoms with van der Waals surface area (Å²) in [6, 6.07) is 16.2. The van der Waals surface area contributed by atoms with Crippen molar-refractivity contribution in [2.75, 3.05) is 45.0 Å². The Morgan fingerprint density at radius 2 is 1.71 bits per heavy atom. The van der Waals surface area contributed by atoms with E-state index >= 15 is 0 Å². The molecule has 3 aromatic carbocycles. The number of carboxylic acid groups (broad SMARTS) is 1. The number of hydrogen-bond acceptors (Lipinski definition) is 11. The lowest BCUT2D eigenvalue weighted by Crippen LogP contribution is -2.24. The Morgan fingerprint density at radius 1 is 0.962 bits per heavy atom. The number of nitrogens with one attached hydrogen (secondary N) is 1. The number of benzene rings is 3. The zero-order chi connectivity index (χ0) is 36.5. The number of carbonyl (C=O) groups is 1. The fraction of sp³-hybridized carbons (Fsp3) is 0.278. The smallest absolute Gasteiger partial charge is 0.305 e. The van der Waals surface area contributed by atoms with Gasteiger partial charge in [-0.2, -0.15) is 0 Å². The SMILES string of the molecule is O=C(O)CCOCCOCC(O)COCCn1cc(-c2ccc(Nc3ncc4c(n3)-c3ccc(Cl)cc3C(c3c(F)cccc3F)=NC4)cc2)nn1. The van der Waals surface area contributed by atoms with Crippen LogP contribution in [0.1, 0.15) is 23.1 Å². The lowest BCUT2D eigenvalue weighted by Gasteiger charge is -2.13. The number of hydrogen-bond donors (Lipinski definition) is 3. The number of aliphatic carboxylic acids is 1. The molecule has 0 bridgehead atoms. The number of ether oxygens (including phenoxy) is 3. The molecule has 0 saturated carbocycles. The zero-order valence-electron chi connectivity index (χ0n) is 27.7. The maximum absolute atomic E-state index is 14.9. The van der Waals surface area contributed by atoms with E-state index in [9.17, 15) is 18.7 Å². The van der Waals surface area contributed by atoms with Crippen molar-refractivity contribution in [3.05, 3.63) is 106 Å². The average molecular weight is 734 g/mol. The van der Waals surface area contributed by atoms with Crippen LogP contribution in [-0.4, -0.2) is 92.6 Å². The highest BCUT2D eigenvalue weighted by Gasteiger charge is 2.25. The standard InChI is InChI=1S/C36H34ClF2N7O6/c37-24-6-9-27-28(16-24)35(33-29(38)2-1-3-30(33)39)40-17-23-18-41-36(43-34(23)27)42-25-7-4-22(5-8-25)31-19-46(45-44-31)11-13-51-20-26(47)21-52-15-14-50-12-10-32(48)49/h1-9,16,18-19,26,47H,10-15,17,20-21H2,(H,48,49)(H,41,42,43). The predicted molar refractivity (Wildman–Crippen MR) is 188 cm³/mol. The Labute approximate surface area is 301 Å². The number of carboxylic acids is 1. The number of aromatic nitrogens is 5. The minimum atomic E-state index is -0.925. The zero-order valence-corrected chi connectivity index (χ0v) is 28.5. The molecule has 3 heterocycles. The minimum absolute atomic E-state index is 0.0671. The van der Waals surface area contributed by atoms with Crippen LogP contribution >= 0.6 is 11.6 Å². The van der Waals surface area contributed by atoms with E-state index in [0.717, 1.165) is 5.56 Å². The van der Waals surface area contributed by atoms with Crippen LogP contribution in [0.4, 0.5) is 20.4 Å². The van der Waals surface area contributed by atoms with E-state index in [0.29, 0.717) is 57.9 Å². The van der Waals surface area contributed by atoms with Crippen molar-refractivity contribution in [1.29, 1.82) is 0 Å². The van der Waals surface area contributed by atoms with Crippen molar-refractivity contribution >= 4 is 34.9 Å². The summed E-state index contributed by atoms with van der Waals surface area (Å²) in [7, 11) is 0. The number of anilines is 2. The lowest BCUT2D eigenvalue weighted by atomic mass is 9.95. The van der Waals surface area contributed by atoms with E-state index in [2.05, 4.69) is 25.6 Å². The molecule has 13 nitrogen and oxygen atoms in total. The van der Waals surface area contributed by atoms with Gasteiger partial charge < -0.3 is 29.7 Å². The summed E-state index contributed by atoms with van der Waals surface area (Å²) < 4.78 is 47.3. The molecule has 0 amide bonds. The van der Waals surface area contributed by atoms with Crippen LogP contribution in [0.5, 0.6) is 0 Å². The molecule has 0 spiro atoms. The molecule has 5 aromatic rings. The minimum Gasteiger partial charge on any atom is -0.481 e. The van der Waals surface area contributed by atoms with Crippen molar-refractivity contribution in [2.45, 2.75) is 25.6 Å². The molecule has 1 atom stereocenters. The number of halogens is 3. The highest BCUT2D eigenvalue weighted by molar-refractivity contribution is 6.31. The number of nitrogens with zero attached hydrogens (tertiary/aromatic N) is 6. The van der Waals surface area contributed by atoms with Crippen molar-refractivity contribution in [2.24, 2.45) is 4.99 Å². The summed E-state index contributed by atoms with van der Waals surface area (Å²) in [4.78, 5) is 24.3. The Kier molecular flexibility index (Phi) is 12.2. The largest absolute Gasteiger partial charge is 0.481 e. The molecule has 1 unspecified atom stereocenters. The van der Waals surface area contributed by atoms with Gasteiger partial charge in [0.25, 0.3) is 0 Å². The summed E-state index contributed by atoms with van der Waals surface area (Å²) in [5.41, 5.74) is 4.45. The van der Waals surface area contributed by atoms with Gasteiger partial charge in [-0.05, 0) is 36.4 Å². The lowest BCUT2D eigenvalue weighted by molar-refractivity contribution is -0.138. The van der Waals surface area contributed by atoms with Crippen LogP contribution in [0.15, 0.2) is 78.0 Å². The third kappa shape index (κ3) is 9.37. The first kappa shape index (κ1) is 36.6. The highest BCUT2D eigenvalue weighted by Crippen LogP contribution is 2.35. The maximum Gasteiger partial charge on any atom is 0.305 e. The second-order valence-corrected chi connectivity index (χ2v) is 12.1. The van der Waals surface area contributed by atoms with Gasteiger partial charge in [-0.15, -0.1) is 5.10 Å². The van der Waals surface area contributed by atoms with Gasteiger partial charge in [0.05, 0.1) is 82.3 Å². The van der Waals surface area contributed by atoms with E-state index in [-0.39, 0.29) is 57.3 Å². The summed E-state index contributed by atoms with van der Waals surface area (Å²) in [5, 5.41) is 30.6. The van der Waals surface area contributed by atoms with E-state index < -0.39 is 23.7 Å². The molecule has 0 fully saturated rings. The summed E-state index contributed by atoms with van der Waals surface area (Å²) in [6.07, 6.45) is 2.55. The Morgan fingerprint density at radius 3 is 2.48 bits per heavy atom. The Bertz CT molecular complexity index is 2030. The molecule has 52 heavy (non-hydrogen) atoms. The summed E-state index contributed by atoms with van der Waals surface area (Å²) in [5.74, 6) is -2.06. The van der Waals surface area contributed by atoms with Gasteiger partial charge in [0.1, 0.15) is 23.4 Å². The molecule has 270 valence electrons. The number of aliphatic hydroxyl groups excluding tert-OH is 1. The van der Waals surface area contributed by atoms with Gasteiger partial charge in [-0.3, -0.25) is 9.79 Å². The van der Waals surface area contributed by atoms with Crippen LogP contribution < -0.4 is 5.32 Å². The third-order valence-corrected chi connectivity index (χ3v) is 8.09. The molecule has 2 aromatic heterocycles. The van der Waals surface area contributed by atoms with Crippen molar-refractivity contribution < 1.29 is 38.0 Å². The monoisotopic (exact) mass is 733 g/mol. The number of rotatable bonds is 17. The fourth-order valence-electron chi connectivity index (χ4n) is 5.34. The molecule has 1 aliphatic heterocycles. The van der Waals surface area contributed by atoms with Gasteiger partial charge >= 0.3 is 5.97 Å². The Hall–Kier alpha value is -5.19. The van der Waals surface area contributed by atoms with E-state index in [4.69, 9.17) is 35.9 Å². The average Bonchev–Trinajstić information content (AvgIpc) is 3.54. The molecular weight excluding hydrogens is 700 g/mol. The van der Waals surface area contributed by atoms with Gasteiger partial charge in [0.2, 0.25) is 5.95 Å². The van der Waals surface area contributed by atoms with Crippen molar-refractivity contribution in [3.8, 4) is 22.5 Å². The van der Waals surface area contributed by atoms with Gasteiger partial charge in [-0.25, -0.2) is 23.4 Å². The maximum atomic E-state index is 14.9. The number of aliphatic hydroxyl groups is 1. The molecule has 0 aliphatic carbocycles. The van der Waals surface area contributed by atoms with Crippen LogP contribution in [0.2, 0.25) is 5.02 Å². The molecule has 16 heteroatoms. The quantitative estimate of drug-likeness (QED) is 0.106. The van der Waals surface area contributed by atoms with Crippen molar-refractivity contribution in [1.82, 2.24) is 25.0 Å². The van der Waals surface area contributed by atoms with Crippen molar-refractivity contribution in [3.63, 3.8) is 0 Å². The van der Waals surface area contributed by atoms with Gasteiger partial charge in [0, 0.05) is 39.2 Å². The third-order valence-electron chi connectivity index (χ3n) is 7.86. The topological polar surface area (TPSA) is 166 Å². The van der Waals surface area contributed by atoms with Crippen LogP contribution in [0, 0.1) is 11.6 Å². The Balaban J connectivity index is 1.03. The molecule has 0 radical (unpaired) electrons.